The van der Waals surface area contributed by atoms with Crippen molar-refractivity contribution in [3.8, 4) is 0 Å². The third kappa shape index (κ3) is 3.91. The first-order valence-corrected chi connectivity index (χ1v) is 9.75. The van der Waals surface area contributed by atoms with E-state index in [0.29, 0.717) is 18.1 Å². The van der Waals surface area contributed by atoms with Gasteiger partial charge in [0.2, 0.25) is 0 Å². The second-order valence-corrected chi connectivity index (χ2v) is 7.34. The van der Waals surface area contributed by atoms with Crippen LogP contribution in [0, 0.1) is 6.92 Å². The van der Waals surface area contributed by atoms with Crippen LogP contribution in [-0.4, -0.2) is 51.5 Å². The Morgan fingerprint density at radius 2 is 2.19 bits per heavy atom. The van der Waals surface area contributed by atoms with Gasteiger partial charge in [-0.15, -0.1) is 0 Å². The van der Waals surface area contributed by atoms with Crippen molar-refractivity contribution in [3.63, 3.8) is 0 Å². The molecule has 4 rings (SSSR count). The highest BCUT2D eigenvalue weighted by atomic mass is 16.5. The molecular weight excluding hydrogens is 346 g/mol. The van der Waals surface area contributed by atoms with Gasteiger partial charge in [-0.2, -0.15) is 5.10 Å². The minimum absolute atomic E-state index is 0.154. The fourth-order valence-electron chi connectivity index (χ4n) is 3.95. The van der Waals surface area contributed by atoms with Gasteiger partial charge in [0.25, 0.3) is 5.91 Å². The molecule has 146 valence electrons. The van der Waals surface area contributed by atoms with Crippen LogP contribution in [0.25, 0.3) is 0 Å². The summed E-state index contributed by atoms with van der Waals surface area (Å²) in [7, 11) is 0. The van der Waals surface area contributed by atoms with Gasteiger partial charge in [0.05, 0.1) is 18.9 Å². The van der Waals surface area contributed by atoms with Crippen LogP contribution in [-0.2, 0) is 30.9 Å². The Balaban J connectivity index is 1.32. The molecule has 0 spiro atoms. The lowest BCUT2D eigenvalue weighted by atomic mass is 10.0. The zero-order chi connectivity index (χ0) is 18.8. The van der Waals surface area contributed by atoms with Crippen molar-refractivity contribution in [2.24, 2.45) is 0 Å². The summed E-state index contributed by atoms with van der Waals surface area (Å²) in [6.07, 6.45) is 2.80. The molecule has 2 aliphatic heterocycles. The molecule has 1 amide bonds. The highest BCUT2D eigenvalue weighted by Gasteiger charge is 2.26. The Kier molecular flexibility index (Phi) is 5.27. The normalized spacial score (nSPS) is 18.4. The van der Waals surface area contributed by atoms with E-state index in [4.69, 9.17) is 14.4 Å². The van der Waals surface area contributed by atoms with Crippen molar-refractivity contribution in [2.75, 3.05) is 19.7 Å². The van der Waals surface area contributed by atoms with Crippen LogP contribution in [0.15, 0.2) is 10.6 Å². The van der Waals surface area contributed by atoms with E-state index in [0.717, 1.165) is 57.7 Å². The van der Waals surface area contributed by atoms with Gasteiger partial charge in [-0.25, -0.2) is 0 Å². The molecule has 4 heterocycles. The van der Waals surface area contributed by atoms with Crippen molar-refractivity contribution in [3.05, 3.63) is 34.5 Å². The first-order chi connectivity index (χ1) is 13.1. The Morgan fingerprint density at radius 1 is 1.37 bits per heavy atom. The van der Waals surface area contributed by atoms with Crippen LogP contribution < -0.4 is 5.32 Å². The van der Waals surface area contributed by atoms with Crippen LogP contribution >= 0.6 is 0 Å². The van der Waals surface area contributed by atoms with E-state index in [1.54, 1.807) is 13.0 Å². The second-order valence-electron chi connectivity index (χ2n) is 7.34. The molecule has 0 saturated carbocycles. The number of ether oxygens (including phenoxy) is 1. The molecule has 0 bridgehead atoms. The number of aryl methyl sites for hydroxylation is 2. The topological polar surface area (TPSA) is 85.4 Å². The zero-order valence-electron chi connectivity index (χ0n) is 16.0. The first-order valence-electron chi connectivity index (χ1n) is 9.75. The van der Waals surface area contributed by atoms with Crippen LogP contribution in [0.5, 0.6) is 0 Å². The fraction of sp³-hybridized carbons (Fsp3) is 0.632. The highest BCUT2D eigenvalue weighted by molar-refractivity contribution is 5.92. The fourth-order valence-corrected chi connectivity index (χ4v) is 3.95. The Morgan fingerprint density at radius 3 is 2.89 bits per heavy atom. The van der Waals surface area contributed by atoms with Gasteiger partial charge >= 0.3 is 0 Å². The molecule has 0 radical (unpaired) electrons. The molecule has 0 unspecified atom stereocenters. The first kappa shape index (κ1) is 18.2. The van der Waals surface area contributed by atoms with E-state index in [1.807, 2.05) is 0 Å². The number of fused-ring (bicyclic) bond motifs is 1. The standard InChI is InChI=1S/C19H27N5O3/c1-3-24-18-6-9-26-12-15(18)17(21-24)11-23-7-4-14(5-8-23)20-19(25)16-10-13(2)27-22-16/h10,14H,3-9,11-12H2,1-2H3,(H,20,25). The van der Waals surface area contributed by atoms with Crippen molar-refractivity contribution in [1.29, 1.82) is 0 Å². The number of nitrogens with zero attached hydrogens (tertiary/aromatic N) is 4. The zero-order valence-corrected chi connectivity index (χ0v) is 16.0. The summed E-state index contributed by atoms with van der Waals surface area (Å²) in [4.78, 5) is 14.6. The van der Waals surface area contributed by atoms with E-state index in [-0.39, 0.29) is 11.9 Å². The summed E-state index contributed by atoms with van der Waals surface area (Å²) in [5, 5.41) is 11.7. The van der Waals surface area contributed by atoms with Crippen molar-refractivity contribution in [1.82, 2.24) is 25.2 Å². The van der Waals surface area contributed by atoms with Crippen LogP contribution in [0.1, 0.15) is 53.0 Å². The number of hydrogen-bond acceptors (Lipinski definition) is 6. The lowest BCUT2D eigenvalue weighted by molar-refractivity contribution is 0.0897. The molecule has 1 saturated heterocycles. The number of carbonyl (C=O) groups excluding carboxylic acids is 1. The summed E-state index contributed by atoms with van der Waals surface area (Å²) in [6, 6.07) is 1.84. The van der Waals surface area contributed by atoms with Gasteiger partial charge in [-0.1, -0.05) is 5.16 Å². The van der Waals surface area contributed by atoms with Crippen molar-refractivity contribution in [2.45, 2.75) is 58.8 Å². The molecule has 0 aliphatic carbocycles. The van der Waals surface area contributed by atoms with Gasteiger partial charge in [0.15, 0.2) is 5.69 Å². The Hall–Kier alpha value is -2.19. The number of carbonyl (C=O) groups is 1. The summed E-state index contributed by atoms with van der Waals surface area (Å²) in [6.45, 7) is 9.01. The summed E-state index contributed by atoms with van der Waals surface area (Å²) < 4.78 is 12.8. The number of likely N-dealkylation sites (tertiary alicyclic amines) is 1. The number of piperidine rings is 1. The molecule has 2 aromatic heterocycles. The Bertz CT molecular complexity index is 804. The average molecular weight is 373 g/mol. The van der Waals surface area contributed by atoms with Crippen LogP contribution in [0.4, 0.5) is 0 Å². The Labute approximate surface area is 158 Å². The van der Waals surface area contributed by atoms with Gasteiger partial charge < -0.3 is 14.6 Å². The lowest BCUT2D eigenvalue weighted by Gasteiger charge is -2.32. The third-order valence-electron chi connectivity index (χ3n) is 5.44. The van der Waals surface area contributed by atoms with Crippen molar-refractivity contribution >= 4 is 5.91 Å². The molecule has 8 heteroatoms. The predicted octanol–water partition coefficient (Wildman–Crippen LogP) is 1.67. The van der Waals surface area contributed by atoms with E-state index in [1.165, 1.54) is 11.3 Å². The van der Waals surface area contributed by atoms with Gasteiger partial charge in [0.1, 0.15) is 5.76 Å². The largest absolute Gasteiger partial charge is 0.376 e. The number of nitrogens with one attached hydrogen (secondary N) is 1. The van der Waals surface area contributed by atoms with Gasteiger partial charge in [-0.05, 0) is 26.7 Å². The monoisotopic (exact) mass is 373 g/mol. The maximum Gasteiger partial charge on any atom is 0.273 e. The van der Waals surface area contributed by atoms with Gasteiger partial charge in [-0.3, -0.25) is 14.4 Å². The minimum Gasteiger partial charge on any atom is -0.376 e. The molecule has 0 atom stereocenters. The summed E-state index contributed by atoms with van der Waals surface area (Å²) in [5.74, 6) is 0.493. The molecule has 0 aromatic carbocycles. The molecular formula is C19H27N5O3. The second kappa shape index (κ2) is 7.82. The SMILES string of the molecule is CCn1nc(CN2CCC(NC(=O)c3cc(C)on3)CC2)c2c1CCOC2. The van der Waals surface area contributed by atoms with E-state index < -0.39 is 0 Å². The summed E-state index contributed by atoms with van der Waals surface area (Å²) in [5.41, 5.74) is 4.11. The van der Waals surface area contributed by atoms with E-state index >= 15 is 0 Å². The molecule has 1 N–H and O–H groups in total. The third-order valence-corrected chi connectivity index (χ3v) is 5.44. The number of hydrogen-bond donors (Lipinski definition) is 1. The molecule has 2 aromatic rings. The number of amides is 1. The number of rotatable bonds is 5. The van der Waals surface area contributed by atoms with Crippen LogP contribution in [0.2, 0.25) is 0 Å². The highest BCUT2D eigenvalue weighted by Crippen LogP contribution is 2.23. The quantitative estimate of drug-likeness (QED) is 0.858. The molecule has 2 aliphatic rings. The predicted molar refractivity (Wildman–Crippen MR) is 98.3 cm³/mol. The smallest absolute Gasteiger partial charge is 0.273 e. The van der Waals surface area contributed by atoms with Crippen LogP contribution in [0.3, 0.4) is 0 Å². The number of aromatic nitrogens is 3. The molecule has 8 nitrogen and oxygen atoms in total. The molecule has 1 fully saturated rings. The lowest BCUT2D eigenvalue weighted by Crippen LogP contribution is -2.44. The minimum atomic E-state index is -0.154. The van der Waals surface area contributed by atoms with E-state index in [2.05, 4.69) is 27.0 Å². The maximum atomic E-state index is 12.2. The maximum absolute atomic E-state index is 12.2. The molecule has 27 heavy (non-hydrogen) atoms. The average Bonchev–Trinajstić information content (AvgIpc) is 3.27. The van der Waals surface area contributed by atoms with Crippen molar-refractivity contribution < 1.29 is 14.1 Å². The summed E-state index contributed by atoms with van der Waals surface area (Å²) >= 11 is 0. The van der Waals surface area contributed by atoms with E-state index in [9.17, 15) is 4.79 Å². The van der Waals surface area contributed by atoms with Gasteiger partial charge in [0, 0.05) is 56.0 Å².